The number of hydrogen-bond acceptors (Lipinski definition) is 8. The molecular weight excluding hydrogens is 810 g/mol. The molecule has 0 fully saturated rings. The first-order valence-electron chi connectivity index (χ1n) is 25.5. The fraction of sp³-hybridized carbons (Fsp3) is 0.774. The Morgan fingerprint density at radius 2 is 0.905 bits per heavy atom. The molecule has 0 aliphatic heterocycles. The number of phosphoric acid groups is 1. The summed E-state index contributed by atoms with van der Waals surface area (Å²) in [5.41, 5.74) is 0. The molecule has 0 saturated carbocycles. The molecule has 0 aliphatic carbocycles. The van der Waals surface area contributed by atoms with E-state index < -0.39 is 32.5 Å². The summed E-state index contributed by atoms with van der Waals surface area (Å²) in [4.78, 5) is 37.7. The zero-order valence-electron chi connectivity index (χ0n) is 41.3. The van der Waals surface area contributed by atoms with Gasteiger partial charge in [-0.25, -0.2) is 0 Å². The maximum Gasteiger partial charge on any atom is 0.306 e. The maximum absolute atomic E-state index is 12.7. The molecule has 0 amide bonds. The van der Waals surface area contributed by atoms with Crippen LogP contribution >= 0.6 is 7.82 Å². The average Bonchev–Trinajstić information content (AvgIpc) is 3.24. The number of unbranched alkanes of at least 4 members (excludes halogenated alkanes) is 22. The van der Waals surface area contributed by atoms with Crippen molar-refractivity contribution < 1.29 is 42.1 Å². The lowest BCUT2D eigenvalue weighted by Gasteiger charge is -2.28. The van der Waals surface area contributed by atoms with Crippen LogP contribution in [0.5, 0.6) is 0 Å². The quantitative estimate of drug-likeness (QED) is 0.0195. The van der Waals surface area contributed by atoms with Crippen LogP contribution in [0.15, 0.2) is 60.8 Å². The van der Waals surface area contributed by atoms with Crippen LogP contribution in [0.25, 0.3) is 0 Å². The Morgan fingerprint density at radius 1 is 0.508 bits per heavy atom. The number of ether oxygens (including phenoxy) is 2. The minimum atomic E-state index is -4.63. The smallest absolute Gasteiger partial charge is 0.306 e. The third kappa shape index (κ3) is 49.0. The predicted octanol–water partition coefficient (Wildman–Crippen LogP) is 14.6. The largest absolute Gasteiger partial charge is 0.756 e. The second kappa shape index (κ2) is 44.9. The lowest BCUT2D eigenvalue weighted by atomic mass is 10.0. The van der Waals surface area contributed by atoms with E-state index in [-0.39, 0.29) is 26.1 Å². The molecule has 2 unspecified atom stereocenters. The molecule has 0 aromatic carbocycles. The van der Waals surface area contributed by atoms with E-state index in [1.807, 2.05) is 21.1 Å². The summed E-state index contributed by atoms with van der Waals surface area (Å²) in [7, 11) is 1.16. The fourth-order valence-electron chi connectivity index (χ4n) is 6.82. The van der Waals surface area contributed by atoms with Gasteiger partial charge in [0.2, 0.25) is 0 Å². The molecule has 0 rings (SSSR count). The highest BCUT2D eigenvalue weighted by molar-refractivity contribution is 7.45. The van der Waals surface area contributed by atoms with Crippen molar-refractivity contribution >= 4 is 19.8 Å². The number of esters is 2. The highest BCUT2D eigenvalue weighted by Crippen LogP contribution is 2.38. The summed E-state index contributed by atoms with van der Waals surface area (Å²) in [5, 5.41) is 0. The molecule has 0 aromatic heterocycles. The third-order valence-electron chi connectivity index (χ3n) is 10.8. The molecule has 366 valence electrons. The number of quaternary nitrogens is 1. The lowest BCUT2D eigenvalue weighted by Crippen LogP contribution is -2.37. The minimum Gasteiger partial charge on any atom is -0.756 e. The molecule has 0 saturated heterocycles. The predicted molar refractivity (Wildman–Crippen MR) is 263 cm³/mol. The number of allylic oxidation sites excluding steroid dienone is 10. The second-order valence-electron chi connectivity index (χ2n) is 18.1. The van der Waals surface area contributed by atoms with Gasteiger partial charge in [-0.05, 0) is 77.0 Å². The molecule has 9 nitrogen and oxygen atoms in total. The molecule has 2 atom stereocenters. The SMILES string of the molecule is CC/C=C\C/C=C\C/C=C\C/C=C\CCCCCCCCCCCCCCC(=O)OC(COC(=O)CCCCCCC/C=C\CCCCCCC)COP(=O)([O-])OCC[N+](C)(C)C. The molecule has 63 heavy (non-hydrogen) atoms. The van der Waals surface area contributed by atoms with Crippen LogP contribution in [0.4, 0.5) is 0 Å². The van der Waals surface area contributed by atoms with Crippen LogP contribution in [-0.4, -0.2) is 70.0 Å². The Balaban J connectivity index is 4.22. The average molecular weight is 906 g/mol. The van der Waals surface area contributed by atoms with Crippen molar-refractivity contribution in [3.63, 3.8) is 0 Å². The van der Waals surface area contributed by atoms with E-state index in [1.165, 1.54) is 96.3 Å². The van der Waals surface area contributed by atoms with E-state index in [4.69, 9.17) is 18.5 Å². The van der Waals surface area contributed by atoms with E-state index in [9.17, 15) is 19.0 Å². The van der Waals surface area contributed by atoms with Crippen molar-refractivity contribution in [2.45, 2.75) is 219 Å². The van der Waals surface area contributed by atoms with Crippen LogP contribution < -0.4 is 4.89 Å². The minimum absolute atomic E-state index is 0.0339. The van der Waals surface area contributed by atoms with Gasteiger partial charge in [-0.3, -0.25) is 14.2 Å². The fourth-order valence-corrected chi connectivity index (χ4v) is 7.55. The summed E-state index contributed by atoms with van der Waals surface area (Å²) in [6, 6.07) is 0. The van der Waals surface area contributed by atoms with E-state index >= 15 is 0 Å². The zero-order chi connectivity index (χ0) is 46.4. The monoisotopic (exact) mass is 906 g/mol. The van der Waals surface area contributed by atoms with Gasteiger partial charge < -0.3 is 27.9 Å². The van der Waals surface area contributed by atoms with Crippen LogP contribution in [0.2, 0.25) is 0 Å². The van der Waals surface area contributed by atoms with Crippen molar-refractivity contribution in [2.24, 2.45) is 0 Å². The van der Waals surface area contributed by atoms with Gasteiger partial charge in [0, 0.05) is 12.8 Å². The summed E-state index contributed by atoms with van der Waals surface area (Å²) in [5.74, 6) is -0.845. The van der Waals surface area contributed by atoms with Crippen molar-refractivity contribution in [1.82, 2.24) is 0 Å². The summed E-state index contributed by atoms with van der Waals surface area (Å²) in [6.45, 7) is 4.10. The van der Waals surface area contributed by atoms with Crippen molar-refractivity contribution in [3.8, 4) is 0 Å². The maximum atomic E-state index is 12.7. The first kappa shape index (κ1) is 60.7. The Hall–Kier alpha value is -2.29. The highest BCUT2D eigenvalue weighted by Gasteiger charge is 2.21. The van der Waals surface area contributed by atoms with Gasteiger partial charge in [-0.1, -0.05) is 184 Å². The van der Waals surface area contributed by atoms with Crippen molar-refractivity contribution in [2.75, 3.05) is 47.5 Å². The van der Waals surface area contributed by atoms with Gasteiger partial charge in [0.1, 0.15) is 19.8 Å². The van der Waals surface area contributed by atoms with Gasteiger partial charge in [-0.15, -0.1) is 0 Å². The topological polar surface area (TPSA) is 111 Å². The van der Waals surface area contributed by atoms with Gasteiger partial charge in [0.25, 0.3) is 7.82 Å². The highest BCUT2D eigenvalue weighted by atomic mass is 31.2. The first-order chi connectivity index (χ1) is 30.5. The third-order valence-corrected chi connectivity index (χ3v) is 11.7. The Labute approximate surface area is 387 Å². The summed E-state index contributed by atoms with van der Waals surface area (Å²) >= 11 is 0. The Bertz CT molecular complexity index is 1250. The number of likely N-dealkylation sites (N-methyl/N-ethyl adjacent to an activating group) is 1. The summed E-state index contributed by atoms with van der Waals surface area (Å²) in [6.07, 6.45) is 55.4. The van der Waals surface area contributed by atoms with E-state index in [0.29, 0.717) is 17.4 Å². The van der Waals surface area contributed by atoms with E-state index in [1.54, 1.807) is 0 Å². The normalized spacial score (nSPS) is 13.9. The second-order valence-corrected chi connectivity index (χ2v) is 19.6. The molecule has 0 aromatic rings. The number of nitrogens with zero attached hydrogens (tertiary/aromatic N) is 1. The van der Waals surface area contributed by atoms with Crippen LogP contribution in [-0.2, 0) is 32.7 Å². The molecule has 0 N–H and O–H groups in total. The van der Waals surface area contributed by atoms with E-state index in [0.717, 1.165) is 83.5 Å². The molecule has 0 spiro atoms. The summed E-state index contributed by atoms with van der Waals surface area (Å²) < 4.78 is 34.0. The van der Waals surface area contributed by atoms with Gasteiger partial charge in [-0.2, -0.15) is 0 Å². The van der Waals surface area contributed by atoms with E-state index in [2.05, 4.69) is 74.6 Å². The number of phosphoric ester groups is 1. The van der Waals surface area contributed by atoms with Gasteiger partial charge in [0.05, 0.1) is 27.7 Å². The molecule has 10 heteroatoms. The molecular formula is C53H96NO8P. The van der Waals surface area contributed by atoms with Crippen LogP contribution in [0.3, 0.4) is 0 Å². The lowest BCUT2D eigenvalue weighted by molar-refractivity contribution is -0.870. The number of carbonyl (C=O) groups excluding carboxylic acids is 2. The number of rotatable bonds is 46. The molecule has 0 bridgehead atoms. The number of carbonyl (C=O) groups is 2. The molecule has 0 aliphatic rings. The van der Waals surface area contributed by atoms with Crippen molar-refractivity contribution in [3.05, 3.63) is 60.8 Å². The first-order valence-corrected chi connectivity index (χ1v) is 27.0. The zero-order valence-corrected chi connectivity index (χ0v) is 42.2. The van der Waals surface area contributed by atoms with Crippen LogP contribution in [0.1, 0.15) is 213 Å². The molecule has 0 heterocycles. The standard InChI is InChI=1S/C53H96NO8P/c1-6-8-10-12-14-16-18-20-22-23-24-25-26-27-28-29-30-31-32-34-36-38-40-42-44-46-53(56)62-51(50-61-63(57,58)60-48-47-54(3,4)5)49-59-52(55)45-43-41-39-37-35-33-21-19-17-15-13-11-9-7-2/h8,10,14,16,19-22,24-25,51H,6-7,9,11-13,15,17-18,23,26-50H2,1-5H3/b10-8-,16-14-,21-19-,22-20-,25-24-. The van der Waals surface area contributed by atoms with Gasteiger partial charge in [0.15, 0.2) is 6.10 Å². The Kier molecular flexibility index (Phi) is 43.3. The number of hydrogen-bond donors (Lipinski definition) is 0. The Morgan fingerprint density at radius 3 is 1.37 bits per heavy atom. The van der Waals surface area contributed by atoms with Crippen molar-refractivity contribution in [1.29, 1.82) is 0 Å². The van der Waals surface area contributed by atoms with Crippen LogP contribution in [0, 0.1) is 0 Å². The molecule has 0 radical (unpaired) electrons. The van der Waals surface area contributed by atoms with Gasteiger partial charge >= 0.3 is 11.9 Å².